The zero-order chi connectivity index (χ0) is 14.0. The highest BCUT2D eigenvalue weighted by Gasteiger charge is 2.25. The lowest BCUT2D eigenvalue weighted by molar-refractivity contribution is 0.0622. The lowest BCUT2D eigenvalue weighted by Gasteiger charge is -2.37. The molecule has 1 saturated heterocycles. The second-order valence-electron chi connectivity index (χ2n) is 4.55. The summed E-state index contributed by atoms with van der Waals surface area (Å²) in [7, 11) is 0. The van der Waals surface area contributed by atoms with Gasteiger partial charge in [0.2, 0.25) is 0 Å². The highest BCUT2D eigenvalue weighted by Crippen LogP contribution is 2.22. The van der Waals surface area contributed by atoms with Crippen LogP contribution in [0, 0.1) is 0 Å². The van der Waals surface area contributed by atoms with Crippen molar-refractivity contribution < 1.29 is 4.79 Å². The van der Waals surface area contributed by atoms with Crippen LogP contribution in [0.4, 0.5) is 0 Å². The van der Waals surface area contributed by atoms with Gasteiger partial charge in [0.05, 0.1) is 20.4 Å². The van der Waals surface area contributed by atoms with Crippen molar-refractivity contribution in [3.8, 4) is 0 Å². The minimum atomic E-state index is 0.0996. The molecule has 104 valence electrons. The van der Waals surface area contributed by atoms with Crippen LogP contribution in [0.2, 0.25) is 0 Å². The Hall–Kier alpha value is -0.500. The summed E-state index contributed by atoms with van der Waals surface area (Å²) < 4.78 is 0.983. The van der Waals surface area contributed by atoms with Crippen LogP contribution < -0.4 is 5.73 Å². The average Bonchev–Trinajstić information content (AvgIpc) is 2.84. The number of amides is 1. The molecule has 1 aliphatic heterocycles. The Morgan fingerprint density at radius 1 is 1.47 bits per heavy atom. The summed E-state index contributed by atoms with van der Waals surface area (Å²) in [6.07, 6.45) is 0. The number of thiocarbonyl (C=S) groups is 1. The molecule has 0 aliphatic carbocycles. The average molecular weight is 362 g/mol. The van der Waals surface area contributed by atoms with E-state index in [9.17, 15) is 4.79 Å². The van der Waals surface area contributed by atoms with Gasteiger partial charge in [0.25, 0.3) is 5.91 Å². The SMILES string of the molecule is CC(C(N)=S)N1CCN(C(=O)c2csc(Br)c2)CC1. The fraction of sp³-hybridized carbons (Fsp3) is 0.500. The van der Waals surface area contributed by atoms with Gasteiger partial charge in [0, 0.05) is 31.6 Å². The van der Waals surface area contributed by atoms with Gasteiger partial charge in [-0.1, -0.05) is 12.2 Å². The van der Waals surface area contributed by atoms with Crippen LogP contribution in [0.15, 0.2) is 15.2 Å². The van der Waals surface area contributed by atoms with Crippen molar-refractivity contribution >= 4 is 50.4 Å². The lowest BCUT2D eigenvalue weighted by atomic mass is 10.2. The molecule has 19 heavy (non-hydrogen) atoms. The maximum atomic E-state index is 12.3. The molecule has 2 N–H and O–H groups in total. The Balaban J connectivity index is 1.93. The summed E-state index contributed by atoms with van der Waals surface area (Å²) in [6.45, 7) is 5.08. The number of carbonyl (C=O) groups excluding carboxylic acids is 1. The predicted octanol–water partition coefficient (Wildman–Crippen LogP) is 1.94. The van der Waals surface area contributed by atoms with Crippen LogP contribution >= 0.6 is 39.5 Å². The van der Waals surface area contributed by atoms with Gasteiger partial charge in [0.15, 0.2) is 0 Å². The van der Waals surface area contributed by atoms with E-state index >= 15 is 0 Å². The predicted molar refractivity (Wildman–Crippen MR) is 85.7 cm³/mol. The summed E-state index contributed by atoms with van der Waals surface area (Å²) in [5.41, 5.74) is 6.42. The molecule has 1 aliphatic rings. The zero-order valence-corrected chi connectivity index (χ0v) is 13.9. The molecule has 0 bridgehead atoms. The van der Waals surface area contributed by atoms with Gasteiger partial charge >= 0.3 is 0 Å². The third-order valence-electron chi connectivity index (χ3n) is 3.38. The number of hydrogen-bond donors (Lipinski definition) is 1. The maximum Gasteiger partial charge on any atom is 0.254 e. The topological polar surface area (TPSA) is 49.6 Å². The molecule has 1 unspecified atom stereocenters. The fourth-order valence-corrected chi connectivity index (χ4v) is 3.38. The number of rotatable bonds is 3. The highest BCUT2D eigenvalue weighted by molar-refractivity contribution is 9.11. The first-order valence-electron chi connectivity index (χ1n) is 6.05. The second-order valence-corrected chi connectivity index (χ2v) is 7.31. The van der Waals surface area contributed by atoms with E-state index in [2.05, 4.69) is 20.8 Å². The van der Waals surface area contributed by atoms with Crippen LogP contribution in [0.5, 0.6) is 0 Å². The highest BCUT2D eigenvalue weighted by atomic mass is 79.9. The number of nitrogens with zero attached hydrogens (tertiary/aromatic N) is 2. The van der Waals surface area contributed by atoms with Crippen LogP contribution in [-0.2, 0) is 0 Å². The molecule has 1 amide bonds. The minimum Gasteiger partial charge on any atom is -0.392 e. The van der Waals surface area contributed by atoms with Crippen molar-refractivity contribution in [3.05, 3.63) is 20.8 Å². The summed E-state index contributed by atoms with van der Waals surface area (Å²) in [6, 6.07) is 1.97. The van der Waals surface area contributed by atoms with Gasteiger partial charge in [-0.25, -0.2) is 0 Å². The van der Waals surface area contributed by atoms with Crippen molar-refractivity contribution in [2.75, 3.05) is 26.2 Å². The van der Waals surface area contributed by atoms with E-state index in [1.54, 1.807) is 0 Å². The Labute approximate surface area is 130 Å². The minimum absolute atomic E-state index is 0.0996. The lowest BCUT2D eigenvalue weighted by Crippen LogP contribution is -2.53. The van der Waals surface area contributed by atoms with Gasteiger partial charge in [-0.05, 0) is 28.9 Å². The first kappa shape index (κ1) is 14.9. The van der Waals surface area contributed by atoms with Crippen molar-refractivity contribution in [2.24, 2.45) is 5.73 Å². The number of nitrogens with two attached hydrogens (primary N) is 1. The molecule has 2 heterocycles. The van der Waals surface area contributed by atoms with Crippen molar-refractivity contribution in [1.82, 2.24) is 9.80 Å². The van der Waals surface area contributed by atoms with Gasteiger partial charge in [-0.3, -0.25) is 9.69 Å². The molecular weight excluding hydrogens is 346 g/mol. The Kier molecular flexibility index (Phi) is 4.94. The summed E-state index contributed by atoms with van der Waals surface area (Å²) in [4.78, 5) is 16.9. The largest absolute Gasteiger partial charge is 0.392 e. The Morgan fingerprint density at radius 3 is 2.58 bits per heavy atom. The van der Waals surface area contributed by atoms with Crippen molar-refractivity contribution in [1.29, 1.82) is 0 Å². The van der Waals surface area contributed by atoms with Crippen LogP contribution in [0.25, 0.3) is 0 Å². The smallest absolute Gasteiger partial charge is 0.254 e. The Bertz CT molecular complexity index is 483. The van der Waals surface area contributed by atoms with E-state index in [0.29, 0.717) is 4.99 Å². The molecule has 0 radical (unpaired) electrons. The van der Waals surface area contributed by atoms with E-state index in [0.717, 1.165) is 35.5 Å². The monoisotopic (exact) mass is 361 g/mol. The molecule has 0 spiro atoms. The van der Waals surface area contributed by atoms with Crippen LogP contribution in [0.1, 0.15) is 17.3 Å². The van der Waals surface area contributed by atoms with E-state index in [4.69, 9.17) is 18.0 Å². The van der Waals surface area contributed by atoms with E-state index in [1.165, 1.54) is 11.3 Å². The third-order valence-corrected chi connectivity index (χ3v) is 5.22. The molecule has 4 nitrogen and oxygen atoms in total. The molecule has 0 saturated carbocycles. The van der Waals surface area contributed by atoms with E-state index in [-0.39, 0.29) is 11.9 Å². The van der Waals surface area contributed by atoms with Gasteiger partial charge < -0.3 is 10.6 Å². The molecule has 2 rings (SSSR count). The van der Waals surface area contributed by atoms with E-state index in [1.807, 2.05) is 23.3 Å². The standard InChI is InChI=1S/C12H16BrN3OS2/c1-8(11(14)18)15-2-4-16(5-3-15)12(17)9-6-10(13)19-7-9/h6-8H,2-5H2,1H3,(H2,14,18). The van der Waals surface area contributed by atoms with Crippen LogP contribution in [-0.4, -0.2) is 52.9 Å². The molecule has 7 heteroatoms. The van der Waals surface area contributed by atoms with Crippen molar-refractivity contribution in [2.45, 2.75) is 13.0 Å². The van der Waals surface area contributed by atoms with Gasteiger partial charge in [-0.15, -0.1) is 11.3 Å². The number of piperazine rings is 1. The third kappa shape index (κ3) is 3.53. The molecule has 0 aromatic carbocycles. The van der Waals surface area contributed by atoms with Gasteiger partial charge in [-0.2, -0.15) is 0 Å². The molecule has 1 fully saturated rings. The first-order chi connectivity index (χ1) is 8.99. The number of hydrogen-bond acceptors (Lipinski definition) is 4. The molecular formula is C12H16BrN3OS2. The normalized spacial score (nSPS) is 18.3. The zero-order valence-electron chi connectivity index (χ0n) is 10.6. The molecule has 1 aromatic heterocycles. The number of carbonyl (C=O) groups is 1. The quantitative estimate of drug-likeness (QED) is 0.835. The van der Waals surface area contributed by atoms with Crippen LogP contribution in [0.3, 0.4) is 0 Å². The summed E-state index contributed by atoms with van der Waals surface area (Å²) >= 11 is 9.92. The second kappa shape index (κ2) is 6.30. The summed E-state index contributed by atoms with van der Waals surface area (Å²) in [5.74, 6) is 0.101. The molecule has 1 aromatic rings. The van der Waals surface area contributed by atoms with Crippen molar-refractivity contribution in [3.63, 3.8) is 0 Å². The Morgan fingerprint density at radius 2 is 2.11 bits per heavy atom. The fourth-order valence-electron chi connectivity index (χ4n) is 2.10. The first-order valence-corrected chi connectivity index (χ1v) is 8.14. The van der Waals surface area contributed by atoms with E-state index < -0.39 is 0 Å². The number of halogens is 1. The number of thiophene rings is 1. The van der Waals surface area contributed by atoms with Gasteiger partial charge in [0.1, 0.15) is 0 Å². The molecule has 1 atom stereocenters. The summed E-state index contributed by atoms with van der Waals surface area (Å²) in [5, 5.41) is 1.89. The maximum absolute atomic E-state index is 12.3.